The summed E-state index contributed by atoms with van der Waals surface area (Å²) >= 11 is 0. The van der Waals surface area contributed by atoms with E-state index in [1.165, 1.54) is 11.1 Å². The van der Waals surface area contributed by atoms with E-state index in [1.807, 2.05) is 26.0 Å². The SMILES string of the molecule is CC(C)(O)c1ccc([C@H](c2ccccc2)N2CCNCC2)cc1. The highest BCUT2D eigenvalue weighted by atomic mass is 16.3. The maximum Gasteiger partial charge on any atom is 0.0840 e. The van der Waals surface area contributed by atoms with Gasteiger partial charge in [-0.2, -0.15) is 0 Å². The van der Waals surface area contributed by atoms with Gasteiger partial charge in [-0.3, -0.25) is 4.90 Å². The van der Waals surface area contributed by atoms with Crippen molar-refractivity contribution in [2.75, 3.05) is 26.2 Å². The Bertz CT molecular complexity index is 610. The minimum Gasteiger partial charge on any atom is -0.386 e. The fourth-order valence-corrected chi connectivity index (χ4v) is 3.26. The first kappa shape index (κ1) is 16.2. The van der Waals surface area contributed by atoms with Gasteiger partial charge in [-0.05, 0) is 30.5 Å². The van der Waals surface area contributed by atoms with Gasteiger partial charge in [-0.1, -0.05) is 54.6 Å². The molecule has 0 aromatic heterocycles. The van der Waals surface area contributed by atoms with E-state index in [0.29, 0.717) is 0 Å². The molecule has 1 aliphatic rings. The molecule has 3 nitrogen and oxygen atoms in total. The topological polar surface area (TPSA) is 35.5 Å². The van der Waals surface area contributed by atoms with Crippen molar-refractivity contribution in [3.63, 3.8) is 0 Å². The molecule has 3 rings (SSSR count). The predicted molar refractivity (Wildman–Crippen MR) is 94.4 cm³/mol. The average Bonchev–Trinajstić information content (AvgIpc) is 2.57. The monoisotopic (exact) mass is 310 g/mol. The van der Waals surface area contributed by atoms with Gasteiger partial charge in [0.05, 0.1) is 11.6 Å². The maximum absolute atomic E-state index is 10.2. The zero-order valence-corrected chi connectivity index (χ0v) is 14.0. The Hall–Kier alpha value is -1.68. The molecule has 0 saturated carbocycles. The lowest BCUT2D eigenvalue weighted by Gasteiger charge is -2.35. The molecule has 2 aromatic carbocycles. The first-order valence-corrected chi connectivity index (χ1v) is 8.38. The van der Waals surface area contributed by atoms with E-state index in [9.17, 15) is 5.11 Å². The van der Waals surface area contributed by atoms with Crippen molar-refractivity contribution in [3.8, 4) is 0 Å². The third kappa shape index (κ3) is 3.81. The number of nitrogens with one attached hydrogen (secondary N) is 1. The van der Waals surface area contributed by atoms with Crippen molar-refractivity contribution < 1.29 is 5.11 Å². The Kier molecular flexibility index (Phi) is 4.81. The van der Waals surface area contributed by atoms with Crippen molar-refractivity contribution in [3.05, 3.63) is 71.3 Å². The molecule has 1 heterocycles. The highest BCUT2D eigenvalue weighted by Crippen LogP contribution is 2.30. The number of hydrogen-bond donors (Lipinski definition) is 2. The second kappa shape index (κ2) is 6.83. The summed E-state index contributed by atoms with van der Waals surface area (Å²) in [5.74, 6) is 0. The van der Waals surface area contributed by atoms with Crippen LogP contribution >= 0.6 is 0 Å². The summed E-state index contributed by atoms with van der Waals surface area (Å²) in [7, 11) is 0. The van der Waals surface area contributed by atoms with Crippen LogP contribution in [-0.2, 0) is 5.60 Å². The number of nitrogens with zero attached hydrogens (tertiary/aromatic N) is 1. The second-order valence-corrected chi connectivity index (χ2v) is 6.78. The Morgan fingerprint density at radius 3 is 2.04 bits per heavy atom. The predicted octanol–water partition coefficient (Wildman–Crippen LogP) is 2.91. The van der Waals surface area contributed by atoms with Gasteiger partial charge in [-0.25, -0.2) is 0 Å². The molecule has 1 saturated heterocycles. The van der Waals surface area contributed by atoms with E-state index in [1.54, 1.807) is 0 Å². The van der Waals surface area contributed by atoms with E-state index < -0.39 is 5.60 Å². The molecule has 0 aliphatic carbocycles. The zero-order chi connectivity index (χ0) is 16.3. The average molecular weight is 310 g/mol. The molecule has 0 amide bonds. The van der Waals surface area contributed by atoms with Crippen LogP contribution in [0, 0.1) is 0 Å². The smallest absolute Gasteiger partial charge is 0.0840 e. The van der Waals surface area contributed by atoms with Crippen LogP contribution in [0.1, 0.15) is 36.6 Å². The van der Waals surface area contributed by atoms with E-state index in [4.69, 9.17) is 0 Å². The molecule has 1 atom stereocenters. The van der Waals surface area contributed by atoms with Crippen molar-refractivity contribution in [1.82, 2.24) is 10.2 Å². The van der Waals surface area contributed by atoms with Gasteiger partial charge in [0.2, 0.25) is 0 Å². The summed E-state index contributed by atoms with van der Waals surface area (Å²) < 4.78 is 0. The third-order valence-electron chi connectivity index (χ3n) is 4.56. The molecule has 2 N–H and O–H groups in total. The number of aliphatic hydroxyl groups is 1. The van der Waals surface area contributed by atoms with Crippen LogP contribution in [0.4, 0.5) is 0 Å². The minimum atomic E-state index is -0.796. The van der Waals surface area contributed by atoms with Crippen molar-refractivity contribution >= 4 is 0 Å². The van der Waals surface area contributed by atoms with Crippen LogP contribution in [0.25, 0.3) is 0 Å². The van der Waals surface area contributed by atoms with Gasteiger partial charge in [0, 0.05) is 26.2 Å². The van der Waals surface area contributed by atoms with Crippen LogP contribution < -0.4 is 5.32 Å². The third-order valence-corrected chi connectivity index (χ3v) is 4.56. The van der Waals surface area contributed by atoms with Gasteiger partial charge >= 0.3 is 0 Å². The summed E-state index contributed by atoms with van der Waals surface area (Å²) in [5, 5.41) is 13.6. The quantitative estimate of drug-likeness (QED) is 0.911. The molecule has 3 heteroatoms. The molecule has 0 unspecified atom stereocenters. The zero-order valence-electron chi connectivity index (χ0n) is 14.0. The highest BCUT2D eigenvalue weighted by Gasteiger charge is 2.24. The van der Waals surface area contributed by atoms with Crippen LogP contribution in [0.5, 0.6) is 0 Å². The summed E-state index contributed by atoms with van der Waals surface area (Å²) in [6.45, 7) is 7.82. The number of hydrogen-bond acceptors (Lipinski definition) is 3. The van der Waals surface area contributed by atoms with Crippen LogP contribution in [0.15, 0.2) is 54.6 Å². The molecule has 1 fully saturated rings. The first-order valence-electron chi connectivity index (χ1n) is 8.38. The minimum absolute atomic E-state index is 0.272. The van der Waals surface area contributed by atoms with E-state index >= 15 is 0 Å². The van der Waals surface area contributed by atoms with Gasteiger partial charge < -0.3 is 10.4 Å². The first-order chi connectivity index (χ1) is 11.1. The van der Waals surface area contributed by atoms with Gasteiger partial charge in [0.15, 0.2) is 0 Å². The van der Waals surface area contributed by atoms with Gasteiger partial charge in [-0.15, -0.1) is 0 Å². The molecule has 122 valence electrons. The van der Waals surface area contributed by atoms with Crippen LogP contribution in [0.3, 0.4) is 0 Å². The molecule has 0 spiro atoms. The fraction of sp³-hybridized carbons (Fsp3) is 0.400. The Morgan fingerprint density at radius 2 is 1.48 bits per heavy atom. The van der Waals surface area contributed by atoms with Crippen molar-refractivity contribution in [2.24, 2.45) is 0 Å². The second-order valence-electron chi connectivity index (χ2n) is 6.78. The molecule has 0 radical (unpaired) electrons. The summed E-state index contributed by atoms with van der Waals surface area (Å²) in [4.78, 5) is 2.53. The van der Waals surface area contributed by atoms with Crippen molar-refractivity contribution in [1.29, 1.82) is 0 Å². The highest BCUT2D eigenvalue weighted by molar-refractivity contribution is 5.35. The molecule has 1 aliphatic heterocycles. The number of benzene rings is 2. The molecular weight excluding hydrogens is 284 g/mol. The molecular formula is C20H26N2O. The fourth-order valence-electron chi connectivity index (χ4n) is 3.26. The lowest BCUT2D eigenvalue weighted by atomic mass is 9.92. The summed E-state index contributed by atoms with van der Waals surface area (Å²) in [6, 6.07) is 19.4. The Morgan fingerprint density at radius 1 is 0.913 bits per heavy atom. The Labute approximate surface area is 139 Å². The van der Waals surface area contributed by atoms with Gasteiger partial charge in [0.25, 0.3) is 0 Å². The van der Waals surface area contributed by atoms with Crippen LogP contribution in [0.2, 0.25) is 0 Å². The van der Waals surface area contributed by atoms with Crippen molar-refractivity contribution in [2.45, 2.75) is 25.5 Å². The summed E-state index contributed by atoms with van der Waals surface area (Å²) in [5.41, 5.74) is 2.76. The van der Waals surface area contributed by atoms with E-state index in [-0.39, 0.29) is 6.04 Å². The largest absolute Gasteiger partial charge is 0.386 e. The van der Waals surface area contributed by atoms with Crippen LogP contribution in [-0.4, -0.2) is 36.2 Å². The number of rotatable bonds is 4. The Balaban J connectivity index is 1.94. The van der Waals surface area contributed by atoms with Gasteiger partial charge in [0.1, 0.15) is 0 Å². The lowest BCUT2D eigenvalue weighted by molar-refractivity contribution is 0.0785. The van der Waals surface area contributed by atoms with E-state index in [2.05, 4.69) is 52.7 Å². The number of piperazine rings is 1. The van der Waals surface area contributed by atoms with E-state index in [0.717, 1.165) is 31.7 Å². The summed E-state index contributed by atoms with van der Waals surface area (Å²) in [6.07, 6.45) is 0. The molecule has 2 aromatic rings. The molecule has 23 heavy (non-hydrogen) atoms. The standard InChI is InChI=1S/C20H26N2O/c1-20(2,23)18-10-8-17(9-11-18)19(16-6-4-3-5-7-16)22-14-12-21-13-15-22/h3-11,19,21,23H,12-15H2,1-2H3/t19-/m0/s1. The maximum atomic E-state index is 10.2. The molecule has 0 bridgehead atoms. The normalized spacial score (nSPS) is 17.9. The lowest BCUT2D eigenvalue weighted by Crippen LogP contribution is -2.45.